The van der Waals surface area contributed by atoms with E-state index < -0.39 is 12.1 Å². The Hall–Kier alpha value is -4.26. The number of para-hydroxylation sites is 1. The zero-order chi connectivity index (χ0) is 22.8. The lowest BCUT2D eigenvalue weighted by Gasteiger charge is -2.18. The van der Waals surface area contributed by atoms with Crippen LogP contribution in [0.2, 0.25) is 0 Å². The molecule has 33 heavy (non-hydrogen) atoms. The summed E-state index contributed by atoms with van der Waals surface area (Å²) in [5.41, 5.74) is 0.701. The molecule has 1 saturated carbocycles. The third-order valence-corrected chi connectivity index (χ3v) is 5.49. The van der Waals surface area contributed by atoms with E-state index in [9.17, 15) is 14.4 Å². The van der Waals surface area contributed by atoms with E-state index in [1.807, 2.05) is 12.1 Å². The number of hydrogen-bond acceptors (Lipinski definition) is 5. The van der Waals surface area contributed by atoms with Crippen LogP contribution in [0.1, 0.15) is 35.0 Å². The minimum atomic E-state index is -1.13. The zero-order valence-electron chi connectivity index (χ0n) is 17.7. The van der Waals surface area contributed by atoms with Crippen LogP contribution in [0.3, 0.4) is 0 Å². The van der Waals surface area contributed by atoms with E-state index in [1.54, 1.807) is 72.8 Å². The van der Waals surface area contributed by atoms with Crippen molar-refractivity contribution in [2.45, 2.75) is 25.0 Å². The molecule has 1 atom stereocenters. The summed E-state index contributed by atoms with van der Waals surface area (Å²) in [4.78, 5) is 39.3. The molecule has 3 aromatic carbocycles. The number of rotatable bonds is 6. The van der Waals surface area contributed by atoms with Crippen LogP contribution in [0.4, 0.5) is 0 Å². The Morgan fingerprint density at radius 3 is 2.15 bits per heavy atom. The molecule has 1 fully saturated rings. The maximum atomic E-state index is 13.4. The summed E-state index contributed by atoms with van der Waals surface area (Å²) in [6, 6.07) is 24.6. The highest BCUT2D eigenvalue weighted by Gasteiger charge is 2.32. The second-order valence-electron chi connectivity index (χ2n) is 7.93. The molecule has 0 aliphatic heterocycles. The first-order chi connectivity index (χ1) is 16.1. The molecular weight excluding hydrogens is 418 g/mol. The molecule has 1 amide bonds. The molecule has 1 aliphatic carbocycles. The topological polar surface area (TPSA) is 90.3 Å². The van der Waals surface area contributed by atoms with Gasteiger partial charge in [-0.1, -0.05) is 66.7 Å². The summed E-state index contributed by atoms with van der Waals surface area (Å²) >= 11 is 0. The number of ether oxygens (including phenoxy) is 1. The van der Waals surface area contributed by atoms with Gasteiger partial charge in [-0.2, -0.15) is 9.78 Å². The highest BCUT2D eigenvalue weighted by atomic mass is 16.5. The lowest BCUT2D eigenvalue weighted by Crippen LogP contribution is -2.34. The summed E-state index contributed by atoms with van der Waals surface area (Å²) in [7, 11) is 0. The quantitative estimate of drug-likeness (QED) is 0.464. The number of carbonyl (C=O) groups excluding carboxylic acids is 2. The monoisotopic (exact) mass is 439 g/mol. The van der Waals surface area contributed by atoms with E-state index in [0.29, 0.717) is 22.0 Å². The van der Waals surface area contributed by atoms with Crippen molar-refractivity contribution in [2.75, 3.05) is 0 Å². The molecular formula is C26H21N3O4. The Bertz CT molecular complexity index is 1380. The highest BCUT2D eigenvalue weighted by molar-refractivity contribution is 6.03. The van der Waals surface area contributed by atoms with Gasteiger partial charge in [0.1, 0.15) is 0 Å². The van der Waals surface area contributed by atoms with Crippen LogP contribution in [0.25, 0.3) is 16.5 Å². The average molecular weight is 439 g/mol. The number of nitrogens with one attached hydrogen (secondary N) is 1. The lowest BCUT2D eigenvalue weighted by atomic mass is 10.1. The Balaban J connectivity index is 1.57. The van der Waals surface area contributed by atoms with Gasteiger partial charge in [0.05, 0.1) is 11.1 Å². The number of aromatic nitrogens is 2. The van der Waals surface area contributed by atoms with Gasteiger partial charge < -0.3 is 10.1 Å². The fraction of sp³-hybridized carbons (Fsp3) is 0.154. The molecule has 0 spiro atoms. The Kier molecular flexibility index (Phi) is 5.44. The standard InChI is InChI=1S/C26H21N3O4/c30-24(27-18-15-16-18)23(17-9-3-1-4-10-17)33-26(32)22-20-13-7-8-14-21(20)25(31)29(28-22)19-11-5-2-6-12-19/h1-14,18,23H,15-16H2,(H,27,30). The fourth-order valence-corrected chi connectivity index (χ4v) is 3.65. The molecule has 7 heteroatoms. The Morgan fingerprint density at radius 1 is 0.879 bits per heavy atom. The molecule has 5 rings (SSSR count). The lowest BCUT2D eigenvalue weighted by molar-refractivity contribution is -0.130. The van der Waals surface area contributed by atoms with Crippen molar-refractivity contribution in [1.29, 1.82) is 0 Å². The summed E-state index contributed by atoms with van der Waals surface area (Å²) in [5.74, 6) is -1.16. The van der Waals surface area contributed by atoms with Crippen molar-refractivity contribution in [3.8, 4) is 5.69 Å². The molecule has 1 aromatic heterocycles. The van der Waals surface area contributed by atoms with Gasteiger partial charge in [-0.05, 0) is 31.0 Å². The third kappa shape index (κ3) is 4.25. The SMILES string of the molecule is O=C(OC(C(=O)NC1CC1)c1ccccc1)c1nn(-c2ccccc2)c(=O)c2ccccc12. The molecule has 0 bridgehead atoms. The zero-order valence-corrected chi connectivity index (χ0v) is 17.7. The van der Waals surface area contributed by atoms with Crippen molar-refractivity contribution in [3.63, 3.8) is 0 Å². The van der Waals surface area contributed by atoms with E-state index in [0.717, 1.165) is 12.8 Å². The number of fused-ring (bicyclic) bond motifs is 1. The van der Waals surface area contributed by atoms with Gasteiger partial charge in [-0.15, -0.1) is 0 Å². The van der Waals surface area contributed by atoms with Crippen LogP contribution in [0, 0.1) is 0 Å². The van der Waals surface area contributed by atoms with Gasteiger partial charge in [-0.25, -0.2) is 4.79 Å². The van der Waals surface area contributed by atoms with Gasteiger partial charge in [0.2, 0.25) is 6.10 Å². The van der Waals surface area contributed by atoms with Crippen LogP contribution in [0.5, 0.6) is 0 Å². The number of nitrogens with zero attached hydrogens (tertiary/aromatic N) is 2. The number of esters is 1. The van der Waals surface area contributed by atoms with Gasteiger partial charge in [-0.3, -0.25) is 9.59 Å². The van der Waals surface area contributed by atoms with Crippen molar-refractivity contribution in [3.05, 3.63) is 107 Å². The summed E-state index contributed by atoms with van der Waals surface area (Å²) < 4.78 is 6.90. The van der Waals surface area contributed by atoms with Crippen LogP contribution in [0.15, 0.2) is 89.7 Å². The second-order valence-corrected chi connectivity index (χ2v) is 7.93. The smallest absolute Gasteiger partial charge is 0.360 e. The van der Waals surface area contributed by atoms with Crippen molar-refractivity contribution in [1.82, 2.24) is 15.1 Å². The summed E-state index contributed by atoms with van der Waals surface area (Å²) in [5, 5.41) is 7.95. The van der Waals surface area contributed by atoms with Gasteiger partial charge in [0, 0.05) is 17.0 Å². The molecule has 1 unspecified atom stereocenters. The largest absolute Gasteiger partial charge is 0.442 e. The van der Waals surface area contributed by atoms with Crippen molar-refractivity contribution in [2.24, 2.45) is 0 Å². The first-order valence-corrected chi connectivity index (χ1v) is 10.8. The van der Waals surface area contributed by atoms with Crippen LogP contribution in [-0.4, -0.2) is 27.7 Å². The van der Waals surface area contributed by atoms with E-state index in [2.05, 4.69) is 10.4 Å². The van der Waals surface area contributed by atoms with E-state index in [1.165, 1.54) is 4.68 Å². The van der Waals surface area contributed by atoms with E-state index in [4.69, 9.17) is 4.74 Å². The molecule has 0 saturated heterocycles. The molecule has 1 heterocycles. The molecule has 164 valence electrons. The van der Waals surface area contributed by atoms with Gasteiger partial charge >= 0.3 is 5.97 Å². The van der Waals surface area contributed by atoms with Crippen LogP contribution in [-0.2, 0) is 9.53 Å². The Labute approximate surface area is 189 Å². The van der Waals surface area contributed by atoms with E-state index in [-0.39, 0.29) is 23.2 Å². The van der Waals surface area contributed by atoms with E-state index >= 15 is 0 Å². The first kappa shape index (κ1) is 20.6. The van der Waals surface area contributed by atoms with Crippen LogP contribution >= 0.6 is 0 Å². The minimum absolute atomic E-state index is 0.0331. The van der Waals surface area contributed by atoms with Gasteiger partial charge in [0.15, 0.2) is 5.69 Å². The minimum Gasteiger partial charge on any atom is -0.442 e. The molecule has 1 aliphatic rings. The number of carbonyl (C=O) groups is 2. The summed E-state index contributed by atoms with van der Waals surface area (Å²) in [6.07, 6.45) is 0.696. The number of benzene rings is 3. The number of amides is 1. The maximum Gasteiger partial charge on any atom is 0.360 e. The predicted octanol–water partition coefficient (Wildman–Crippen LogP) is 3.56. The third-order valence-electron chi connectivity index (χ3n) is 5.49. The highest BCUT2D eigenvalue weighted by Crippen LogP contribution is 2.25. The maximum absolute atomic E-state index is 13.4. The second kappa shape index (κ2) is 8.70. The molecule has 7 nitrogen and oxygen atoms in total. The Morgan fingerprint density at radius 2 is 1.48 bits per heavy atom. The number of hydrogen-bond donors (Lipinski definition) is 1. The van der Waals surface area contributed by atoms with Crippen LogP contribution < -0.4 is 10.9 Å². The molecule has 4 aromatic rings. The predicted molar refractivity (Wildman–Crippen MR) is 123 cm³/mol. The molecule has 1 N–H and O–H groups in total. The molecule has 0 radical (unpaired) electrons. The normalized spacial score (nSPS) is 13.9. The fourth-order valence-electron chi connectivity index (χ4n) is 3.65. The van der Waals surface area contributed by atoms with Gasteiger partial charge in [0.25, 0.3) is 11.5 Å². The first-order valence-electron chi connectivity index (χ1n) is 10.8. The average Bonchev–Trinajstić information content (AvgIpc) is 3.68. The van der Waals surface area contributed by atoms with Crippen molar-refractivity contribution < 1.29 is 14.3 Å². The van der Waals surface area contributed by atoms with Crippen molar-refractivity contribution >= 4 is 22.6 Å². The summed E-state index contributed by atoms with van der Waals surface area (Å²) in [6.45, 7) is 0.